The van der Waals surface area contributed by atoms with Gasteiger partial charge in [-0.25, -0.2) is 0 Å². The van der Waals surface area contributed by atoms with Crippen molar-refractivity contribution in [1.82, 2.24) is 0 Å². The SMILES string of the molecule is CS/C(SCC(=O)c1ccccc1)=C(/C#N)C(=O)Nc1ccccc1Cl. The van der Waals surface area contributed by atoms with Crippen LogP contribution in [-0.2, 0) is 4.79 Å². The van der Waals surface area contributed by atoms with E-state index in [1.54, 1.807) is 54.8 Å². The predicted molar refractivity (Wildman–Crippen MR) is 109 cm³/mol. The number of hydrogen-bond donors (Lipinski definition) is 1. The summed E-state index contributed by atoms with van der Waals surface area (Å²) in [6.45, 7) is 0. The maximum atomic E-state index is 12.4. The highest BCUT2D eigenvalue weighted by Crippen LogP contribution is 2.31. The van der Waals surface area contributed by atoms with Crippen LogP contribution < -0.4 is 5.32 Å². The number of ketones is 1. The first-order valence-electron chi connectivity index (χ1n) is 7.52. The molecule has 0 atom stereocenters. The Labute approximate surface area is 165 Å². The number of anilines is 1. The summed E-state index contributed by atoms with van der Waals surface area (Å²) in [5.41, 5.74) is 0.987. The van der Waals surface area contributed by atoms with Crippen LogP contribution >= 0.6 is 35.1 Å². The van der Waals surface area contributed by atoms with Crippen molar-refractivity contribution in [2.24, 2.45) is 0 Å². The van der Waals surface area contributed by atoms with E-state index in [9.17, 15) is 14.9 Å². The summed E-state index contributed by atoms with van der Waals surface area (Å²) < 4.78 is 0.487. The molecule has 0 spiro atoms. The number of nitrogens with zero attached hydrogens (tertiary/aromatic N) is 1. The highest BCUT2D eigenvalue weighted by Gasteiger charge is 2.18. The van der Waals surface area contributed by atoms with Crippen LogP contribution in [0.4, 0.5) is 5.69 Å². The number of Topliss-reactive ketones (excluding diaryl/α,β-unsaturated/α-hetero) is 1. The molecule has 0 aliphatic heterocycles. The van der Waals surface area contributed by atoms with Gasteiger partial charge in [-0.05, 0) is 18.4 Å². The Morgan fingerprint density at radius 2 is 1.77 bits per heavy atom. The second-order valence-electron chi connectivity index (χ2n) is 4.99. The first kappa shape index (κ1) is 20.1. The summed E-state index contributed by atoms with van der Waals surface area (Å²) in [6, 6.07) is 17.6. The molecule has 0 heterocycles. The Balaban J connectivity index is 2.13. The fourth-order valence-electron chi connectivity index (χ4n) is 2.01. The van der Waals surface area contributed by atoms with E-state index in [-0.39, 0.29) is 17.1 Å². The number of thioether (sulfide) groups is 2. The summed E-state index contributed by atoms with van der Waals surface area (Å²) in [4.78, 5) is 24.7. The van der Waals surface area contributed by atoms with Crippen molar-refractivity contribution >= 4 is 52.5 Å². The van der Waals surface area contributed by atoms with Gasteiger partial charge < -0.3 is 5.32 Å². The smallest absolute Gasteiger partial charge is 0.268 e. The van der Waals surface area contributed by atoms with Crippen molar-refractivity contribution in [1.29, 1.82) is 5.26 Å². The lowest BCUT2D eigenvalue weighted by Gasteiger charge is -2.09. The molecule has 26 heavy (non-hydrogen) atoms. The molecular weight excluding hydrogens is 388 g/mol. The minimum absolute atomic E-state index is 0.0386. The second-order valence-corrected chi connectivity index (χ2v) is 7.46. The zero-order valence-electron chi connectivity index (χ0n) is 13.9. The highest BCUT2D eigenvalue weighted by molar-refractivity contribution is 8.22. The number of carbonyl (C=O) groups excluding carboxylic acids is 2. The lowest BCUT2D eigenvalue weighted by molar-refractivity contribution is -0.112. The first-order valence-corrected chi connectivity index (χ1v) is 10.1. The zero-order chi connectivity index (χ0) is 18.9. The molecule has 1 N–H and O–H groups in total. The number of carbonyl (C=O) groups is 2. The predicted octanol–water partition coefficient (Wildman–Crippen LogP) is 4.99. The van der Waals surface area contributed by atoms with Gasteiger partial charge in [-0.15, -0.1) is 23.5 Å². The van der Waals surface area contributed by atoms with E-state index < -0.39 is 5.91 Å². The number of benzene rings is 2. The summed E-state index contributed by atoms with van der Waals surface area (Å²) in [5, 5.41) is 12.4. The number of para-hydroxylation sites is 1. The van der Waals surface area contributed by atoms with Crippen molar-refractivity contribution in [3.8, 4) is 6.07 Å². The second kappa shape index (κ2) is 10.1. The zero-order valence-corrected chi connectivity index (χ0v) is 16.3. The fourth-order valence-corrected chi connectivity index (χ4v) is 3.89. The molecule has 132 valence electrons. The van der Waals surface area contributed by atoms with Crippen molar-refractivity contribution in [3.63, 3.8) is 0 Å². The molecule has 0 saturated heterocycles. The van der Waals surface area contributed by atoms with E-state index in [1.165, 1.54) is 23.5 Å². The van der Waals surface area contributed by atoms with Crippen molar-refractivity contribution in [2.75, 3.05) is 17.3 Å². The average Bonchev–Trinajstić information content (AvgIpc) is 2.67. The molecular formula is C19H15ClN2O2S2. The Bertz CT molecular complexity index is 877. The van der Waals surface area contributed by atoms with E-state index in [0.29, 0.717) is 20.5 Å². The monoisotopic (exact) mass is 402 g/mol. The lowest BCUT2D eigenvalue weighted by Crippen LogP contribution is -2.15. The number of amides is 1. The van der Waals surface area contributed by atoms with Crippen LogP contribution in [0.5, 0.6) is 0 Å². The van der Waals surface area contributed by atoms with E-state index in [4.69, 9.17) is 11.6 Å². The van der Waals surface area contributed by atoms with E-state index in [0.717, 1.165) is 0 Å². The van der Waals surface area contributed by atoms with Gasteiger partial charge in [0, 0.05) is 5.56 Å². The third-order valence-electron chi connectivity index (χ3n) is 3.28. The van der Waals surface area contributed by atoms with Gasteiger partial charge >= 0.3 is 0 Å². The molecule has 2 rings (SSSR count). The van der Waals surface area contributed by atoms with Crippen LogP contribution in [0.3, 0.4) is 0 Å². The van der Waals surface area contributed by atoms with Gasteiger partial charge in [-0.1, -0.05) is 54.1 Å². The number of halogens is 1. The summed E-state index contributed by atoms with van der Waals surface area (Å²) in [6.07, 6.45) is 1.76. The third-order valence-corrected chi connectivity index (χ3v) is 5.91. The summed E-state index contributed by atoms with van der Waals surface area (Å²) >= 11 is 8.47. The van der Waals surface area contributed by atoms with Gasteiger partial charge in [-0.2, -0.15) is 5.26 Å². The van der Waals surface area contributed by atoms with Gasteiger partial charge in [-0.3, -0.25) is 9.59 Å². The van der Waals surface area contributed by atoms with E-state index in [2.05, 4.69) is 5.32 Å². The van der Waals surface area contributed by atoms with Crippen LogP contribution in [0.25, 0.3) is 0 Å². The van der Waals surface area contributed by atoms with Crippen LogP contribution in [0.15, 0.2) is 64.4 Å². The molecule has 0 radical (unpaired) electrons. The molecule has 0 aromatic heterocycles. The lowest BCUT2D eigenvalue weighted by atomic mass is 10.2. The van der Waals surface area contributed by atoms with E-state index in [1.807, 2.05) is 12.1 Å². The molecule has 0 saturated carbocycles. The van der Waals surface area contributed by atoms with Crippen molar-refractivity contribution < 1.29 is 9.59 Å². The van der Waals surface area contributed by atoms with Gasteiger partial charge in [0.15, 0.2) is 5.78 Å². The van der Waals surface area contributed by atoms with Crippen molar-refractivity contribution in [3.05, 3.63) is 75.0 Å². The molecule has 0 aliphatic carbocycles. The maximum Gasteiger partial charge on any atom is 0.268 e. The third kappa shape index (κ3) is 5.40. The molecule has 0 fully saturated rings. The molecule has 0 aliphatic rings. The molecule has 0 unspecified atom stereocenters. The largest absolute Gasteiger partial charge is 0.320 e. The quantitative estimate of drug-likeness (QED) is 0.401. The highest BCUT2D eigenvalue weighted by atomic mass is 35.5. The fraction of sp³-hybridized carbons (Fsp3) is 0.105. The molecule has 4 nitrogen and oxygen atoms in total. The Hall–Kier alpha value is -2.20. The normalized spacial score (nSPS) is 11.3. The van der Waals surface area contributed by atoms with Crippen molar-refractivity contribution in [2.45, 2.75) is 0 Å². The summed E-state index contributed by atoms with van der Waals surface area (Å²) in [7, 11) is 0. The number of hydrogen-bond acceptors (Lipinski definition) is 5. The van der Waals surface area contributed by atoms with Gasteiger partial charge in [0.2, 0.25) is 0 Å². The first-order chi connectivity index (χ1) is 12.6. The van der Waals surface area contributed by atoms with E-state index >= 15 is 0 Å². The van der Waals surface area contributed by atoms with Gasteiger partial charge in [0.05, 0.1) is 20.7 Å². The molecule has 2 aromatic carbocycles. The maximum absolute atomic E-state index is 12.4. The minimum Gasteiger partial charge on any atom is -0.320 e. The standard InChI is InChI=1S/C19H15ClN2O2S2/c1-25-19(26-12-17(23)13-7-3-2-4-8-13)14(11-21)18(24)22-16-10-6-5-9-15(16)20/h2-10H,12H2,1H3,(H,22,24)/b19-14+. The van der Waals surface area contributed by atoms with Gasteiger partial charge in [0.1, 0.15) is 11.6 Å². The number of rotatable bonds is 7. The topological polar surface area (TPSA) is 70.0 Å². The number of nitrogens with one attached hydrogen (secondary N) is 1. The molecule has 0 bridgehead atoms. The number of nitriles is 1. The van der Waals surface area contributed by atoms with Crippen LogP contribution in [0.1, 0.15) is 10.4 Å². The molecule has 7 heteroatoms. The Morgan fingerprint density at radius 1 is 1.12 bits per heavy atom. The Morgan fingerprint density at radius 3 is 2.38 bits per heavy atom. The van der Waals surface area contributed by atoms with Crippen LogP contribution in [-0.4, -0.2) is 23.7 Å². The minimum atomic E-state index is -0.551. The molecule has 2 aromatic rings. The molecule has 1 amide bonds. The van der Waals surface area contributed by atoms with Crippen LogP contribution in [0, 0.1) is 11.3 Å². The average molecular weight is 403 g/mol. The van der Waals surface area contributed by atoms with Crippen LogP contribution in [0.2, 0.25) is 5.02 Å². The summed E-state index contributed by atoms with van der Waals surface area (Å²) in [5.74, 6) is -0.472. The Kier molecular flexibility index (Phi) is 7.79. The van der Waals surface area contributed by atoms with Gasteiger partial charge in [0.25, 0.3) is 5.91 Å².